The van der Waals surface area contributed by atoms with Crippen molar-refractivity contribution in [2.75, 3.05) is 0 Å². The zero-order valence-corrected chi connectivity index (χ0v) is 11.4. The average molecular weight is 244 g/mol. The Kier molecular flexibility index (Phi) is 2.51. The summed E-state index contributed by atoms with van der Waals surface area (Å²) in [6, 6.07) is 2.34. The molecule has 2 heteroatoms. The lowest BCUT2D eigenvalue weighted by molar-refractivity contribution is -0.153. The first-order valence-electron chi connectivity index (χ1n) is 6.81. The van der Waals surface area contributed by atoms with Crippen molar-refractivity contribution in [2.24, 2.45) is 0 Å². The van der Waals surface area contributed by atoms with Crippen molar-refractivity contribution < 1.29 is 9.53 Å². The Balaban J connectivity index is 1.84. The van der Waals surface area contributed by atoms with Gasteiger partial charge in [-0.25, -0.2) is 0 Å². The first-order valence-corrected chi connectivity index (χ1v) is 6.81. The summed E-state index contributed by atoms with van der Waals surface area (Å²) in [6.07, 6.45) is 5.11. The molecule has 0 aromatic heterocycles. The molecule has 2 nitrogen and oxygen atoms in total. The highest BCUT2D eigenvalue weighted by Gasteiger charge is 2.29. The van der Waals surface area contributed by atoms with Gasteiger partial charge < -0.3 is 4.74 Å². The van der Waals surface area contributed by atoms with Crippen molar-refractivity contribution in [3.05, 3.63) is 33.9 Å². The summed E-state index contributed by atoms with van der Waals surface area (Å²) in [4.78, 5) is 12.0. The number of carbonyl (C=O) groups is 1. The fourth-order valence-corrected chi connectivity index (χ4v) is 2.92. The highest BCUT2D eigenvalue weighted by atomic mass is 16.6. The van der Waals surface area contributed by atoms with Gasteiger partial charge in [-0.1, -0.05) is 6.07 Å². The molecule has 0 N–H and O–H groups in total. The van der Waals surface area contributed by atoms with E-state index in [1.54, 1.807) is 0 Å². The van der Waals surface area contributed by atoms with Crippen LogP contribution < -0.4 is 0 Å². The monoisotopic (exact) mass is 244 g/mol. The fraction of sp³-hybridized carbons (Fsp3) is 0.562. The molecule has 3 rings (SSSR count). The summed E-state index contributed by atoms with van der Waals surface area (Å²) in [5.74, 6) is -0.0862. The standard InChI is InChI=1S/C16H20O2/c1-16(2,3)18-15(17)9-14-12-6-4-10(12)8-11-5-7-13(11)14/h8H,4-7,9H2,1-3H3. The van der Waals surface area contributed by atoms with Crippen LogP contribution in [0, 0.1) is 0 Å². The van der Waals surface area contributed by atoms with Gasteiger partial charge in [0.1, 0.15) is 5.60 Å². The van der Waals surface area contributed by atoms with E-state index >= 15 is 0 Å². The number of esters is 1. The Bertz CT molecular complexity index is 491. The average Bonchev–Trinajstić information content (AvgIpc) is 2.09. The van der Waals surface area contributed by atoms with Gasteiger partial charge in [0, 0.05) is 0 Å². The number of ether oxygens (including phenoxy) is 1. The lowest BCUT2D eigenvalue weighted by atomic mass is 9.73. The van der Waals surface area contributed by atoms with Crippen molar-refractivity contribution in [2.45, 2.75) is 58.5 Å². The zero-order valence-electron chi connectivity index (χ0n) is 11.4. The molecule has 0 radical (unpaired) electrons. The number of rotatable bonds is 2. The lowest BCUT2D eigenvalue weighted by Gasteiger charge is -2.32. The second kappa shape index (κ2) is 3.84. The van der Waals surface area contributed by atoms with Crippen LogP contribution in [0.15, 0.2) is 6.07 Å². The molecule has 0 saturated heterocycles. The Morgan fingerprint density at radius 2 is 1.67 bits per heavy atom. The number of carbonyl (C=O) groups excluding carboxylic acids is 1. The van der Waals surface area contributed by atoms with E-state index in [1.807, 2.05) is 20.8 Å². The van der Waals surface area contributed by atoms with Crippen LogP contribution in [0.5, 0.6) is 0 Å². The molecule has 0 saturated carbocycles. The molecule has 0 atom stereocenters. The normalized spacial score (nSPS) is 16.2. The van der Waals surface area contributed by atoms with Gasteiger partial charge in [0.2, 0.25) is 0 Å². The Labute approximate surface area is 108 Å². The second-order valence-electron chi connectivity index (χ2n) is 6.39. The molecule has 1 aromatic rings. The Morgan fingerprint density at radius 3 is 2.06 bits per heavy atom. The molecular formula is C16H20O2. The van der Waals surface area contributed by atoms with Crippen LogP contribution in [0.4, 0.5) is 0 Å². The van der Waals surface area contributed by atoms with E-state index in [-0.39, 0.29) is 11.6 Å². The van der Waals surface area contributed by atoms with Crippen LogP contribution in [-0.2, 0) is 41.6 Å². The lowest BCUT2D eigenvalue weighted by Crippen LogP contribution is -2.28. The fourth-order valence-electron chi connectivity index (χ4n) is 2.92. The molecule has 0 heterocycles. The topological polar surface area (TPSA) is 26.3 Å². The van der Waals surface area contributed by atoms with E-state index in [4.69, 9.17) is 4.74 Å². The van der Waals surface area contributed by atoms with Gasteiger partial charge in [0.15, 0.2) is 0 Å². The molecule has 0 aliphatic heterocycles. The van der Waals surface area contributed by atoms with E-state index in [9.17, 15) is 4.79 Å². The van der Waals surface area contributed by atoms with Crippen molar-refractivity contribution in [3.8, 4) is 0 Å². The molecular weight excluding hydrogens is 224 g/mol. The predicted molar refractivity (Wildman–Crippen MR) is 70.8 cm³/mol. The van der Waals surface area contributed by atoms with Gasteiger partial charge >= 0.3 is 5.97 Å². The first-order chi connectivity index (χ1) is 8.44. The maximum Gasteiger partial charge on any atom is 0.310 e. The Morgan fingerprint density at radius 1 is 1.11 bits per heavy atom. The largest absolute Gasteiger partial charge is 0.460 e. The SMILES string of the molecule is CC(C)(C)OC(=O)Cc1c2c(cc3c1CC3)CC2. The minimum absolute atomic E-state index is 0.0862. The van der Waals surface area contributed by atoms with Crippen LogP contribution in [0.2, 0.25) is 0 Å². The van der Waals surface area contributed by atoms with E-state index in [1.165, 1.54) is 40.7 Å². The van der Waals surface area contributed by atoms with Gasteiger partial charge in [-0.15, -0.1) is 0 Å². The highest BCUT2D eigenvalue weighted by Crippen LogP contribution is 2.37. The van der Waals surface area contributed by atoms with Crippen molar-refractivity contribution in [1.29, 1.82) is 0 Å². The summed E-state index contributed by atoms with van der Waals surface area (Å²) in [5.41, 5.74) is 6.69. The van der Waals surface area contributed by atoms with E-state index in [0.29, 0.717) is 6.42 Å². The molecule has 18 heavy (non-hydrogen) atoms. The maximum absolute atomic E-state index is 12.0. The summed E-state index contributed by atoms with van der Waals surface area (Å²) in [6.45, 7) is 5.77. The van der Waals surface area contributed by atoms with Crippen LogP contribution in [-0.4, -0.2) is 11.6 Å². The predicted octanol–water partition coefficient (Wildman–Crippen LogP) is 2.77. The van der Waals surface area contributed by atoms with Gasteiger partial charge in [-0.3, -0.25) is 4.79 Å². The van der Waals surface area contributed by atoms with Gasteiger partial charge in [-0.2, -0.15) is 0 Å². The minimum atomic E-state index is -0.383. The molecule has 96 valence electrons. The number of benzene rings is 1. The number of aryl methyl sites for hydroxylation is 2. The highest BCUT2D eigenvalue weighted by molar-refractivity contribution is 5.75. The molecule has 2 aliphatic carbocycles. The first kappa shape index (κ1) is 11.8. The summed E-state index contributed by atoms with van der Waals surface area (Å²) in [5, 5.41) is 0. The van der Waals surface area contributed by atoms with Gasteiger partial charge in [-0.05, 0) is 74.3 Å². The van der Waals surface area contributed by atoms with Crippen LogP contribution in [0.25, 0.3) is 0 Å². The minimum Gasteiger partial charge on any atom is -0.460 e. The maximum atomic E-state index is 12.0. The smallest absolute Gasteiger partial charge is 0.310 e. The van der Waals surface area contributed by atoms with Crippen molar-refractivity contribution in [3.63, 3.8) is 0 Å². The molecule has 2 aliphatic rings. The van der Waals surface area contributed by atoms with E-state index in [0.717, 1.165) is 12.8 Å². The molecule has 0 spiro atoms. The molecule has 0 fully saturated rings. The van der Waals surface area contributed by atoms with Crippen molar-refractivity contribution in [1.82, 2.24) is 0 Å². The molecule has 0 bridgehead atoms. The zero-order chi connectivity index (χ0) is 12.9. The third kappa shape index (κ3) is 1.94. The number of fused-ring (bicyclic) bond motifs is 2. The molecule has 0 amide bonds. The summed E-state index contributed by atoms with van der Waals surface area (Å²) < 4.78 is 5.44. The molecule has 0 unspecified atom stereocenters. The summed E-state index contributed by atoms with van der Waals surface area (Å²) >= 11 is 0. The van der Waals surface area contributed by atoms with E-state index < -0.39 is 0 Å². The third-order valence-electron chi connectivity index (χ3n) is 3.88. The third-order valence-corrected chi connectivity index (χ3v) is 3.88. The number of hydrogen-bond acceptors (Lipinski definition) is 2. The number of hydrogen-bond donors (Lipinski definition) is 0. The van der Waals surface area contributed by atoms with Gasteiger partial charge in [0.25, 0.3) is 0 Å². The van der Waals surface area contributed by atoms with Crippen molar-refractivity contribution >= 4 is 5.97 Å². The van der Waals surface area contributed by atoms with Crippen LogP contribution in [0.1, 0.15) is 48.6 Å². The van der Waals surface area contributed by atoms with Crippen LogP contribution in [0.3, 0.4) is 0 Å². The summed E-state index contributed by atoms with van der Waals surface area (Å²) in [7, 11) is 0. The quantitative estimate of drug-likeness (QED) is 0.748. The van der Waals surface area contributed by atoms with Gasteiger partial charge in [0.05, 0.1) is 6.42 Å². The van der Waals surface area contributed by atoms with E-state index in [2.05, 4.69) is 6.07 Å². The second-order valence-corrected chi connectivity index (χ2v) is 6.39. The Hall–Kier alpha value is -1.31. The molecule has 1 aromatic carbocycles. The van der Waals surface area contributed by atoms with Crippen LogP contribution >= 0.6 is 0 Å².